The maximum Gasteiger partial charge on any atom is 0.227 e. The number of amides is 2. The minimum atomic E-state index is -0.393. The molecule has 1 aliphatic heterocycles. The maximum absolute atomic E-state index is 12.6. The highest BCUT2D eigenvalue weighted by atomic mass is 16.5. The van der Waals surface area contributed by atoms with Gasteiger partial charge < -0.3 is 30.3 Å². The second kappa shape index (κ2) is 11.4. The van der Waals surface area contributed by atoms with Gasteiger partial charge in [-0.05, 0) is 55.5 Å². The average Bonchev–Trinajstić information content (AvgIpc) is 3.28. The summed E-state index contributed by atoms with van der Waals surface area (Å²) >= 11 is 0. The molecule has 3 N–H and O–H groups in total. The molecule has 10 nitrogen and oxygen atoms in total. The van der Waals surface area contributed by atoms with Gasteiger partial charge in [0.1, 0.15) is 17.3 Å². The van der Waals surface area contributed by atoms with Crippen LogP contribution in [0.5, 0.6) is 11.5 Å². The number of hydrogen-bond donors (Lipinski definition) is 3. The number of nitrogens with one attached hydrogen (secondary N) is 3. The van der Waals surface area contributed by atoms with Crippen LogP contribution in [-0.2, 0) is 9.59 Å². The molecule has 1 aliphatic rings. The Labute approximate surface area is 210 Å². The molecular weight excluding hydrogens is 460 g/mol. The zero-order valence-electron chi connectivity index (χ0n) is 20.6. The van der Waals surface area contributed by atoms with Gasteiger partial charge in [0.15, 0.2) is 0 Å². The van der Waals surface area contributed by atoms with Gasteiger partial charge in [-0.3, -0.25) is 9.59 Å². The third-order valence-electron chi connectivity index (χ3n) is 5.80. The highest BCUT2D eigenvalue weighted by Crippen LogP contribution is 2.27. The van der Waals surface area contributed by atoms with E-state index in [0.29, 0.717) is 37.1 Å². The smallest absolute Gasteiger partial charge is 0.227 e. The van der Waals surface area contributed by atoms with E-state index in [-0.39, 0.29) is 18.2 Å². The van der Waals surface area contributed by atoms with E-state index >= 15 is 0 Å². The first-order valence-electron chi connectivity index (χ1n) is 11.7. The van der Waals surface area contributed by atoms with Crippen molar-refractivity contribution < 1.29 is 19.1 Å². The molecule has 0 saturated carbocycles. The number of aryl methyl sites for hydroxylation is 1. The van der Waals surface area contributed by atoms with E-state index in [4.69, 9.17) is 9.47 Å². The Hall–Kier alpha value is -4.34. The fourth-order valence-corrected chi connectivity index (χ4v) is 3.93. The lowest BCUT2D eigenvalue weighted by Gasteiger charge is -2.17. The minimum Gasteiger partial charge on any atom is -0.497 e. The summed E-state index contributed by atoms with van der Waals surface area (Å²) in [6.07, 6.45) is 0.187. The van der Waals surface area contributed by atoms with Gasteiger partial charge >= 0.3 is 0 Å². The topological polar surface area (TPSA) is 118 Å². The Balaban J connectivity index is 1.25. The molecule has 4 rings (SSSR count). The molecule has 1 aromatic heterocycles. The molecule has 2 heterocycles. The zero-order valence-corrected chi connectivity index (χ0v) is 20.6. The van der Waals surface area contributed by atoms with Crippen molar-refractivity contribution in [1.29, 1.82) is 0 Å². The van der Waals surface area contributed by atoms with Crippen LogP contribution < -0.4 is 30.3 Å². The molecule has 1 atom stereocenters. The number of benzene rings is 2. The van der Waals surface area contributed by atoms with E-state index < -0.39 is 5.92 Å². The van der Waals surface area contributed by atoms with Crippen molar-refractivity contribution in [2.24, 2.45) is 5.92 Å². The molecular formula is C26H30N6O4. The summed E-state index contributed by atoms with van der Waals surface area (Å²) in [4.78, 5) is 35.6. The van der Waals surface area contributed by atoms with Crippen molar-refractivity contribution in [1.82, 2.24) is 15.3 Å². The van der Waals surface area contributed by atoms with Gasteiger partial charge in [0.05, 0.1) is 20.1 Å². The lowest BCUT2D eigenvalue weighted by Crippen LogP contribution is -2.35. The summed E-state index contributed by atoms with van der Waals surface area (Å²) in [6.45, 7) is 3.07. The minimum absolute atomic E-state index is 0.0662. The number of rotatable bonds is 10. The van der Waals surface area contributed by atoms with Crippen LogP contribution in [0.4, 0.5) is 23.1 Å². The molecule has 1 unspecified atom stereocenters. The SMILES string of the molecule is COc1ccc(Nc2cc(C)nc(NCCNC(=O)C3CC(=O)N(c4ccc(OC)cc4)C3)n2)cc1. The molecule has 0 radical (unpaired) electrons. The number of carbonyl (C=O) groups is 2. The number of nitrogens with zero attached hydrogens (tertiary/aromatic N) is 3. The third-order valence-corrected chi connectivity index (χ3v) is 5.80. The van der Waals surface area contributed by atoms with Crippen LogP contribution >= 0.6 is 0 Å². The molecule has 188 valence electrons. The number of carbonyl (C=O) groups excluding carboxylic acids is 2. The highest BCUT2D eigenvalue weighted by Gasteiger charge is 2.34. The van der Waals surface area contributed by atoms with E-state index in [1.807, 2.05) is 49.4 Å². The fraction of sp³-hybridized carbons (Fsp3) is 0.308. The van der Waals surface area contributed by atoms with Crippen LogP contribution in [0.2, 0.25) is 0 Å². The summed E-state index contributed by atoms with van der Waals surface area (Å²) in [7, 11) is 3.22. The van der Waals surface area contributed by atoms with E-state index in [9.17, 15) is 9.59 Å². The van der Waals surface area contributed by atoms with Crippen molar-refractivity contribution in [2.75, 3.05) is 49.4 Å². The van der Waals surface area contributed by atoms with Gasteiger partial charge in [-0.2, -0.15) is 4.98 Å². The molecule has 10 heteroatoms. The van der Waals surface area contributed by atoms with E-state index in [1.54, 1.807) is 31.3 Å². The van der Waals surface area contributed by atoms with Crippen LogP contribution in [0.3, 0.4) is 0 Å². The van der Waals surface area contributed by atoms with Crippen LogP contribution in [0.1, 0.15) is 12.1 Å². The van der Waals surface area contributed by atoms with Crippen LogP contribution in [0, 0.1) is 12.8 Å². The van der Waals surface area contributed by atoms with Gasteiger partial charge in [0, 0.05) is 49.2 Å². The normalized spacial score (nSPS) is 14.9. The Morgan fingerprint density at radius 3 is 2.33 bits per heavy atom. The summed E-state index contributed by atoms with van der Waals surface area (Å²) in [5, 5.41) is 9.30. The first-order chi connectivity index (χ1) is 17.4. The Morgan fingerprint density at radius 2 is 1.67 bits per heavy atom. The zero-order chi connectivity index (χ0) is 25.5. The van der Waals surface area contributed by atoms with Crippen molar-refractivity contribution in [3.05, 3.63) is 60.3 Å². The number of ether oxygens (including phenoxy) is 2. The highest BCUT2D eigenvalue weighted by molar-refractivity contribution is 6.00. The van der Waals surface area contributed by atoms with Gasteiger partial charge in [-0.15, -0.1) is 0 Å². The van der Waals surface area contributed by atoms with E-state index in [2.05, 4.69) is 25.9 Å². The van der Waals surface area contributed by atoms with Crippen LogP contribution in [-0.4, -0.2) is 55.6 Å². The third kappa shape index (κ3) is 6.21. The van der Waals surface area contributed by atoms with Crippen LogP contribution in [0.25, 0.3) is 0 Å². The summed E-state index contributed by atoms with van der Waals surface area (Å²) < 4.78 is 10.3. The molecule has 0 bridgehead atoms. The first-order valence-corrected chi connectivity index (χ1v) is 11.7. The standard InChI is InChI=1S/C26H30N6O4/c1-17-14-23(30-19-4-8-21(35-2)9-5-19)31-26(29-17)28-13-12-27-25(34)18-15-24(33)32(16-18)20-6-10-22(36-3)11-7-20/h4-11,14,18H,12-13,15-16H2,1-3H3,(H,27,34)(H2,28,29,30,31). The number of hydrogen-bond acceptors (Lipinski definition) is 8. The summed E-state index contributed by atoms with van der Waals surface area (Å²) in [6, 6.07) is 16.6. The summed E-state index contributed by atoms with van der Waals surface area (Å²) in [5.41, 5.74) is 2.44. The largest absolute Gasteiger partial charge is 0.497 e. The molecule has 0 spiro atoms. The van der Waals surface area contributed by atoms with E-state index in [1.165, 1.54) is 0 Å². The summed E-state index contributed by atoms with van der Waals surface area (Å²) in [5.74, 6) is 2.00. The monoisotopic (exact) mass is 490 g/mol. The van der Waals surface area contributed by atoms with Crippen molar-refractivity contribution >= 4 is 35.0 Å². The number of anilines is 4. The average molecular weight is 491 g/mol. The lowest BCUT2D eigenvalue weighted by molar-refractivity contribution is -0.126. The molecule has 3 aromatic rings. The van der Waals surface area contributed by atoms with Crippen molar-refractivity contribution in [3.8, 4) is 11.5 Å². The molecule has 1 fully saturated rings. The Morgan fingerprint density at radius 1 is 1.00 bits per heavy atom. The predicted octanol–water partition coefficient (Wildman–Crippen LogP) is 3.13. The first kappa shape index (κ1) is 24.8. The molecule has 36 heavy (non-hydrogen) atoms. The van der Waals surface area contributed by atoms with Gasteiger partial charge in [0.25, 0.3) is 0 Å². The number of methoxy groups -OCH3 is 2. The van der Waals surface area contributed by atoms with Crippen molar-refractivity contribution in [2.45, 2.75) is 13.3 Å². The number of aromatic nitrogens is 2. The van der Waals surface area contributed by atoms with Gasteiger partial charge in [0.2, 0.25) is 17.8 Å². The molecule has 0 aliphatic carbocycles. The second-order valence-electron chi connectivity index (χ2n) is 8.39. The Kier molecular flexibility index (Phi) is 7.84. The molecule has 2 aromatic carbocycles. The second-order valence-corrected chi connectivity index (χ2v) is 8.39. The Bertz CT molecular complexity index is 1200. The predicted molar refractivity (Wildman–Crippen MR) is 138 cm³/mol. The molecule has 2 amide bonds. The van der Waals surface area contributed by atoms with Crippen molar-refractivity contribution in [3.63, 3.8) is 0 Å². The maximum atomic E-state index is 12.6. The fourth-order valence-electron chi connectivity index (χ4n) is 3.93. The lowest BCUT2D eigenvalue weighted by atomic mass is 10.1. The van der Waals surface area contributed by atoms with Crippen LogP contribution in [0.15, 0.2) is 54.6 Å². The van der Waals surface area contributed by atoms with Gasteiger partial charge in [-0.1, -0.05) is 0 Å². The van der Waals surface area contributed by atoms with Gasteiger partial charge in [-0.25, -0.2) is 4.98 Å². The molecule has 1 saturated heterocycles. The van der Waals surface area contributed by atoms with E-state index in [0.717, 1.165) is 22.8 Å². The quantitative estimate of drug-likeness (QED) is 0.371.